The first-order chi connectivity index (χ1) is 21.3. The molecule has 3 heterocycles. The van der Waals surface area contributed by atoms with Gasteiger partial charge in [-0.3, -0.25) is 0 Å². The molecule has 0 atom stereocenters. The average Bonchev–Trinajstić information content (AvgIpc) is 3.53. The molecule has 0 fully saturated rings. The lowest BCUT2D eigenvalue weighted by Gasteiger charge is -2.16. The van der Waals surface area contributed by atoms with Crippen molar-refractivity contribution in [3.8, 4) is 33.6 Å². The Morgan fingerprint density at radius 1 is 0.419 bits per heavy atom. The molecule has 0 aliphatic rings. The van der Waals surface area contributed by atoms with Gasteiger partial charge in [-0.25, -0.2) is 9.97 Å². The van der Waals surface area contributed by atoms with E-state index in [9.17, 15) is 0 Å². The zero-order chi connectivity index (χ0) is 28.3. The Hall–Kier alpha value is -5.80. The van der Waals surface area contributed by atoms with Gasteiger partial charge in [0.05, 0.1) is 16.9 Å². The van der Waals surface area contributed by atoms with Crippen LogP contribution in [0.15, 0.2) is 152 Å². The Bertz CT molecular complexity index is 2470. The minimum atomic E-state index is 0.947. The van der Waals surface area contributed by atoms with Gasteiger partial charge in [0.25, 0.3) is 0 Å². The predicted molar refractivity (Wildman–Crippen MR) is 179 cm³/mol. The van der Waals surface area contributed by atoms with Crippen LogP contribution in [0.1, 0.15) is 0 Å². The van der Waals surface area contributed by atoms with Crippen molar-refractivity contribution < 1.29 is 0 Å². The molecule has 3 aromatic heterocycles. The SMILES string of the molecule is c1cc(-c2ccc(-c3nc4ccccc4c4c5ccccc5c5ccccc5c34)cc2)cc(-c2cn3ccccc3n2)c1. The third kappa shape index (κ3) is 3.75. The van der Waals surface area contributed by atoms with E-state index in [4.69, 9.17) is 9.97 Å². The van der Waals surface area contributed by atoms with Crippen LogP contribution in [0.5, 0.6) is 0 Å². The van der Waals surface area contributed by atoms with Gasteiger partial charge < -0.3 is 4.40 Å². The molecule has 9 aromatic rings. The van der Waals surface area contributed by atoms with Crippen LogP contribution in [0.25, 0.3) is 82.5 Å². The second-order valence-electron chi connectivity index (χ2n) is 11.1. The van der Waals surface area contributed by atoms with E-state index in [2.05, 4.69) is 132 Å². The van der Waals surface area contributed by atoms with Gasteiger partial charge in [0.2, 0.25) is 0 Å². The number of nitrogens with zero attached hydrogens (tertiary/aromatic N) is 3. The lowest BCUT2D eigenvalue weighted by molar-refractivity contribution is 1.19. The lowest BCUT2D eigenvalue weighted by atomic mass is 9.89. The maximum absolute atomic E-state index is 5.30. The molecule has 0 aliphatic carbocycles. The maximum atomic E-state index is 5.30. The number of fused-ring (bicyclic) bond motifs is 9. The normalized spacial score (nSPS) is 11.7. The highest BCUT2D eigenvalue weighted by molar-refractivity contribution is 6.33. The average molecular weight is 548 g/mol. The van der Waals surface area contributed by atoms with Crippen LogP contribution < -0.4 is 0 Å². The first kappa shape index (κ1) is 23.9. The summed E-state index contributed by atoms with van der Waals surface area (Å²) >= 11 is 0. The van der Waals surface area contributed by atoms with Crippen molar-refractivity contribution in [3.05, 3.63) is 152 Å². The largest absolute Gasteiger partial charge is 0.306 e. The molecule has 0 saturated carbocycles. The number of rotatable bonds is 3. The van der Waals surface area contributed by atoms with Gasteiger partial charge in [0.15, 0.2) is 0 Å². The molecule has 0 amide bonds. The summed E-state index contributed by atoms with van der Waals surface area (Å²) in [7, 11) is 0. The van der Waals surface area contributed by atoms with Gasteiger partial charge in [-0.1, -0.05) is 115 Å². The van der Waals surface area contributed by atoms with Crippen molar-refractivity contribution in [2.75, 3.05) is 0 Å². The van der Waals surface area contributed by atoms with Crippen molar-refractivity contribution in [2.24, 2.45) is 0 Å². The van der Waals surface area contributed by atoms with E-state index < -0.39 is 0 Å². The van der Waals surface area contributed by atoms with Crippen molar-refractivity contribution in [1.29, 1.82) is 0 Å². The monoisotopic (exact) mass is 547 g/mol. The molecule has 3 heteroatoms. The fourth-order valence-corrected chi connectivity index (χ4v) is 6.59. The van der Waals surface area contributed by atoms with Crippen molar-refractivity contribution in [1.82, 2.24) is 14.4 Å². The molecular weight excluding hydrogens is 522 g/mol. The molecule has 200 valence electrons. The van der Waals surface area contributed by atoms with Crippen LogP contribution in [-0.2, 0) is 0 Å². The minimum absolute atomic E-state index is 0.947. The molecule has 0 N–H and O–H groups in total. The van der Waals surface area contributed by atoms with Crippen molar-refractivity contribution in [3.63, 3.8) is 0 Å². The quantitative estimate of drug-likeness (QED) is 0.206. The highest BCUT2D eigenvalue weighted by atomic mass is 15.0. The van der Waals surface area contributed by atoms with Gasteiger partial charge in [-0.05, 0) is 56.9 Å². The first-order valence-electron chi connectivity index (χ1n) is 14.6. The van der Waals surface area contributed by atoms with E-state index in [0.717, 1.165) is 44.8 Å². The summed E-state index contributed by atoms with van der Waals surface area (Å²) in [6, 6.07) is 49.6. The van der Waals surface area contributed by atoms with E-state index in [-0.39, 0.29) is 0 Å². The summed E-state index contributed by atoms with van der Waals surface area (Å²) < 4.78 is 2.06. The smallest absolute Gasteiger partial charge is 0.137 e. The van der Waals surface area contributed by atoms with Crippen LogP contribution in [0.3, 0.4) is 0 Å². The minimum Gasteiger partial charge on any atom is -0.306 e. The Labute approximate surface area is 248 Å². The molecule has 0 saturated heterocycles. The second-order valence-corrected chi connectivity index (χ2v) is 11.1. The van der Waals surface area contributed by atoms with Crippen LogP contribution in [-0.4, -0.2) is 14.4 Å². The molecule has 3 nitrogen and oxygen atoms in total. The molecule has 0 aliphatic heterocycles. The molecule has 0 radical (unpaired) electrons. The van der Waals surface area contributed by atoms with Gasteiger partial charge in [0, 0.05) is 39.7 Å². The van der Waals surface area contributed by atoms with E-state index in [1.165, 1.54) is 37.7 Å². The van der Waals surface area contributed by atoms with Gasteiger partial charge >= 0.3 is 0 Å². The third-order valence-electron chi connectivity index (χ3n) is 8.59. The summed E-state index contributed by atoms with van der Waals surface area (Å²) in [4.78, 5) is 10.1. The zero-order valence-electron chi connectivity index (χ0n) is 23.3. The molecule has 0 spiro atoms. The highest BCUT2D eigenvalue weighted by Gasteiger charge is 2.17. The third-order valence-corrected chi connectivity index (χ3v) is 8.59. The number of aromatic nitrogens is 3. The fourth-order valence-electron chi connectivity index (χ4n) is 6.59. The van der Waals surface area contributed by atoms with Crippen molar-refractivity contribution in [2.45, 2.75) is 0 Å². The number of hydrogen-bond donors (Lipinski definition) is 0. The van der Waals surface area contributed by atoms with E-state index in [0.29, 0.717) is 0 Å². The van der Waals surface area contributed by atoms with Gasteiger partial charge in [-0.2, -0.15) is 0 Å². The summed E-state index contributed by atoms with van der Waals surface area (Å²) in [5, 5.41) is 8.67. The molecule has 0 unspecified atom stereocenters. The maximum Gasteiger partial charge on any atom is 0.137 e. The Morgan fingerprint density at radius 3 is 1.81 bits per heavy atom. The second kappa shape index (κ2) is 9.37. The van der Waals surface area contributed by atoms with Gasteiger partial charge in [0.1, 0.15) is 5.65 Å². The zero-order valence-corrected chi connectivity index (χ0v) is 23.3. The molecule has 9 rings (SSSR count). The molecular formula is C40H25N3. The summed E-state index contributed by atoms with van der Waals surface area (Å²) in [5.41, 5.74) is 8.47. The highest BCUT2D eigenvalue weighted by Crippen LogP contribution is 2.42. The number of para-hydroxylation sites is 1. The summed E-state index contributed by atoms with van der Waals surface area (Å²) in [5.74, 6) is 0. The molecule has 43 heavy (non-hydrogen) atoms. The van der Waals surface area contributed by atoms with Crippen LogP contribution in [0.2, 0.25) is 0 Å². The summed E-state index contributed by atoms with van der Waals surface area (Å²) in [6.45, 7) is 0. The Morgan fingerprint density at radius 2 is 1.05 bits per heavy atom. The molecule has 0 bridgehead atoms. The van der Waals surface area contributed by atoms with E-state index in [1.807, 2.05) is 24.4 Å². The number of benzene rings is 6. The number of imidazole rings is 1. The predicted octanol–water partition coefficient (Wildman–Crippen LogP) is 10.3. The van der Waals surface area contributed by atoms with Crippen LogP contribution in [0, 0.1) is 0 Å². The number of pyridine rings is 2. The first-order valence-corrected chi connectivity index (χ1v) is 14.6. The number of hydrogen-bond acceptors (Lipinski definition) is 2. The summed E-state index contributed by atoms with van der Waals surface area (Å²) in [6.07, 6.45) is 4.12. The topological polar surface area (TPSA) is 30.2 Å². The fraction of sp³-hybridized carbons (Fsp3) is 0. The Kier molecular flexibility index (Phi) is 5.20. The van der Waals surface area contributed by atoms with E-state index in [1.54, 1.807) is 0 Å². The van der Waals surface area contributed by atoms with Crippen LogP contribution >= 0.6 is 0 Å². The Balaban J connectivity index is 1.23. The molecule has 6 aromatic carbocycles. The van der Waals surface area contributed by atoms with Gasteiger partial charge in [-0.15, -0.1) is 0 Å². The lowest BCUT2D eigenvalue weighted by Crippen LogP contribution is -1.93. The van der Waals surface area contributed by atoms with Crippen LogP contribution in [0.4, 0.5) is 0 Å². The van der Waals surface area contributed by atoms with E-state index >= 15 is 0 Å². The standard InChI is InChI=1S/C40H25N3/c1-3-14-32-30(12-1)31-13-2-4-15-33(31)39-38(32)34-16-5-6-17-35(34)42-40(39)27-21-19-26(20-22-27)28-10-9-11-29(24-28)36-25-43-23-8-7-18-37(43)41-36/h1-25H. The van der Waals surface area contributed by atoms with Crippen molar-refractivity contribution >= 4 is 48.9 Å².